The van der Waals surface area contributed by atoms with Gasteiger partial charge in [0.25, 0.3) is 5.69 Å². The molecule has 0 atom stereocenters. The molecule has 88 valence electrons. The van der Waals surface area contributed by atoms with E-state index < -0.39 is 0 Å². The largest absolute Gasteiger partial charge is 0.337 e. The number of benzene rings is 1. The summed E-state index contributed by atoms with van der Waals surface area (Å²) in [7, 11) is 0. The van der Waals surface area contributed by atoms with Crippen LogP contribution in [0.1, 0.15) is 10.4 Å². The summed E-state index contributed by atoms with van der Waals surface area (Å²) in [4.78, 5) is 14.6. The fourth-order valence-electron chi connectivity index (χ4n) is 1.64. The van der Waals surface area contributed by atoms with Crippen LogP contribution in [0.15, 0.2) is 18.2 Å². The lowest BCUT2D eigenvalue weighted by Crippen LogP contribution is -1.92. The van der Waals surface area contributed by atoms with Gasteiger partial charge in [-0.1, -0.05) is 12.1 Å². The van der Waals surface area contributed by atoms with Gasteiger partial charge in [-0.25, -0.2) is 0 Å². The summed E-state index contributed by atoms with van der Waals surface area (Å²) in [6, 6.07) is 5.19. The quantitative estimate of drug-likeness (QED) is 0.508. The maximum Gasteiger partial charge on any atom is 0.272 e. The Morgan fingerprint density at radius 2 is 2.12 bits per heavy atom. The number of nitro benzene ring substituents is 1. The monoisotopic (exact) mass is 266 g/mol. The van der Waals surface area contributed by atoms with Crippen LogP contribution in [0.3, 0.4) is 0 Å². The van der Waals surface area contributed by atoms with Crippen molar-refractivity contribution in [3.8, 4) is 11.3 Å². The van der Waals surface area contributed by atoms with Gasteiger partial charge in [0.1, 0.15) is 0 Å². The summed E-state index contributed by atoms with van der Waals surface area (Å²) in [5.74, 6) is 0. The van der Waals surface area contributed by atoms with Crippen LogP contribution in [0, 0.1) is 27.9 Å². The standard InChI is InChI=1S/C11H10N2O2S2/c1-6-3-4-8(5-9(6)13(14)15)10-7(2)17-11(16)12-10/h3-5H,1-2H3,(H,12,16). The first kappa shape index (κ1) is 11.9. The van der Waals surface area contributed by atoms with E-state index in [9.17, 15) is 10.1 Å². The highest BCUT2D eigenvalue weighted by Crippen LogP contribution is 2.29. The van der Waals surface area contributed by atoms with Crippen LogP contribution >= 0.6 is 23.6 Å². The fraction of sp³-hybridized carbons (Fsp3) is 0.182. The lowest BCUT2D eigenvalue weighted by Gasteiger charge is -2.02. The Morgan fingerprint density at radius 3 is 2.65 bits per heavy atom. The normalized spacial score (nSPS) is 10.5. The summed E-state index contributed by atoms with van der Waals surface area (Å²) in [6.07, 6.45) is 0. The Morgan fingerprint density at radius 1 is 1.41 bits per heavy atom. The molecule has 2 aromatic rings. The lowest BCUT2D eigenvalue weighted by atomic mass is 10.1. The molecular weight excluding hydrogens is 256 g/mol. The molecule has 0 bridgehead atoms. The molecule has 2 rings (SSSR count). The number of aromatic nitrogens is 1. The molecule has 0 saturated heterocycles. The SMILES string of the molecule is Cc1ccc(-c2[nH]c(=S)sc2C)cc1[N+](=O)[O-]. The molecule has 1 N–H and O–H groups in total. The summed E-state index contributed by atoms with van der Waals surface area (Å²) in [6.45, 7) is 3.67. The summed E-state index contributed by atoms with van der Waals surface area (Å²) in [5, 5.41) is 10.9. The lowest BCUT2D eigenvalue weighted by molar-refractivity contribution is -0.385. The van der Waals surface area contributed by atoms with Gasteiger partial charge in [-0.05, 0) is 26.1 Å². The van der Waals surface area contributed by atoms with Gasteiger partial charge in [0.15, 0.2) is 3.95 Å². The van der Waals surface area contributed by atoms with Crippen LogP contribution in [0.5, 0.6) is 0 Å². The highest BCUT2D eigenvalue weighted by atomic mass is 32.1. The maximum absolute atomic E-state index is 10.9. The van der Waals surface area contributed by atoms with Crippen molar-refractivity contribution in [1.29, 1.82) is 0 Å². The van der Waals surface area contributed by atoms with Crippen molar-refractivity contribution >= 4 is 29.2 Å². The highest BCUT2D eigenvalue weighted by Gasteiger charge is 2.13. The number of thiazole rings is 1. The molecular formula is C11H10N2O2S2. The van der Waals surface area contributed by atoms with E-state index >= 15 is 0 Å². The van der Waals surface area contributed by atoms with Crippen molar-refractivity contribution in [2.75, 3.05) is 0 Å². The molecule has 0 radical (unpaired) electrons. The minimum Gasteiger partial charge on any atom is -0.337 e. The van der Waals surface area contributed by atoms with Gasteiger partial charge >= 0.3 is 0 Å². The molecule has 0 aliphatic carbocycles. The molecule has 4 nitrogen and oxygen atoms in total. The number of hydrogen-bond acceptors (Lipinski definition) is 4. The molecule has 1 aromatic carbocycles. The first-order valence-electron chi connectivity index (χ1n) is 4.94. The zero-order chi connectivity index (χ0) is 12.6. The summed E-state index contributed by atoms with van der Waals surface area (Å²) >= 11 is 6.53. The second-order valence-corrected chi connectivity index (χ2v) is 5.60. The number of rotatable bonds is 2. The fourth-order valence-corrected chi connectivity index (χ4v) is 2.82. The van der Waals surface area contributed by atoms with Crippen molar-refractivity contribution in [3.05, 3.63) is 42.7 Å². The molecule has 1 heterocycles. The first-order valence-corrected chi connectivity index (χ1v) is 6.16. The number of aryl methyl sites for hydroxylation is 2. The maximum atomic E-state index is 10.9. The summed E-state index contributed by atoms with van der Waals surface area (Å²) in [5.41, 5.74) is 2.45. The van der Waals surface area contributed by atoms with E-state index in [-0.39, 0.29) is 10.6 Å². The van der Waals surface area contributed by atoms with Gasteiger partial charge in [-0.15, -0.1) is 11.3 Å². The predicted molar refractivity (Wildman–Crippen MR) is 71.1 cm³/mol. The van der Waals surface area contributed by atoms with E-state index in [1.807, 2.05) is 13.0 Å². The third-order valence-electron chi connectivity index (χ3n) is 2.52. The minimum absolute atomic E-state index is 0.132. The van der Waals surface area contributed by atoms with Gasteiger partial charge in [0.05, 0.1) is 10.6 Å². The molecule has 0 amide bonds. The average Bonchev–Trinajstić information content (AvgIpc) is 2.58. The molecule has 6 heteroatoms. The van der Waals surface area contributed by atoms with E-state index in [0.29, 0.717) is 9.52 Å². The Balaban J connectivity index is 2.61. The number of H-pyrrole nitrogens is 1. The van der Waals surface area contributed by atoms with E-state index in [2.05, 4.69) is 4.98 Å². The Kier molecular flexibility index (Phi) is 3.08. The number of nitrogens with one attached hydrogen (secondary N) is 1. The van der Waals surface area contributed by atoms with Crippen LogP contribution in [0.25, 0.3) is 11.3 Å². The van der Waals surface area contributed by atoms with Crippen molar-refractivity contribution in [2.45, 2.75) is 13.8 Å². The Bertz CT molecular complexity index is 643. The van der Waals surface area contributed by atoms with E-state index in [0.717, 1.165) is 16.1 Å². The number of nitro groups is 1. The molecule has 0 spiro atoms. The average molecular weight is 266 g/mol. The number of nitrogens with zero attached hydrogens (tertiary/aromatic N) is 1. The van der Waals surface area contributed by atoms with Gasteiger partial charge in [-0.3, -0.25) is 10.1 Å². The van der Waals surface area contributed by atoms with Crippen LogP contribution in [-0.4, -0.2) is 9.91 Å². The molecule has 0 unspecified atom stereocenters. The zero-order valence-corrected chi connectivity index (χ0v) is 10.9. The third-order valence-corrected chi connectivity index (χ3v) is 3.67. The molecule has 17 heavy (non-hydrogen) atoms. The van der Waals surface area contributed by atoms with Crippen molar-refractivity contribution < 1.29 is 4.92 Å². The second kappa shape index (κ2) is 4.38. The molecule has 0 saturated carbocycles. The topological polar surface area (TPSA) is 58.9 Å². The van der Waals surface area contributed by atoms with Gasteiger partial charge in [-0.2, -0.15) is 0 Å². The van der Waals surface area contributed by atoms with E-state index in [1.165, 1.54) is 11.3 Å². The Labute approximate surface area is 107 Å². The smallest absolute Gasteiger partial charge is 0.272 e. The third kappa shape index (κ3) is 2.27. The van der Waals surface area contributed by atoms with Crippen LogP contribution < -0.4 is 0 Å². The zero-order valence-electron chi connectivity index (χ0n) is 9.31. The van der Waals surface area contributed by atoms with E-state index in [1.54, 1.807) is 19.1 Å². The van der Waals surface area contributed by atoms with E-state index in [4.69, 9.17) is 12.2 Å². The molecule has 1 aromatic heterocycles. The van der Waals surface area contributed by atoms with Gasteiger partial charge in [0.2, 0.25) is 0 Å². The van der Waals surface area contributed by atoms with Crippen molar-refractivity contribution in [1.82, 2.24) is 4.98 Å². The predicted octanol–water partition coefficient (Wildman–Crippen LogP) is 4.00. The van der Waals surface area contributed by atoms with Crippen LogP contribution in [0.4, 0.5) is 5.69 Å². The van der Waals surface area contributed by atoms with Gasteiger partial charge in [0, 0.05) is 22.1 Å². The molecule has 0 aliphatic heterocycles. The van der Waals surface area contributed by atoms with Gasteiger partial charge < -0.3 is 4.98 Å². The number of hydrogen-bond donors (Lipinski definition) is 1. The van der Waals surface area contributed by atoms with Crippen LogP contribution in [-0.2, 0) is 0 Å². The Hall–Kier alpha value is -1.53. The van der Waals surface area contributed by atoms with Crippen LogP contribution in [0.2, 0.25) is 0 Å². The number of aromatic amines is 1. The van der Waals surface area contributed by atoms with Crippen molar-refractivity contribution in [2.24, 2.45) is 0 Å². The summed E-state index contributed by atoms with van der Waals surface area (Å²) < 4.78 is 0.681. The minimum atomic E-state index is -0.366. The first-order chi connectivity index (χ1) is 7.99. The molecule has 0 fully saturated rings. The highest BCUT2D eigenvalue weighted by molar-refractivity contribution is 7.73. The second-order valence-electron chi connectivity index (χ2n) is 3.70. The van der Waals surface area contributed by atoms with Crippen molar-refractivity contribution in [3.63, 3.8) is 0 Å². The molecule has 0 aliphatic rings.